The molecule has 0 heterocycles. The third-order valence-electron chi connectivity index (χ3n) is 12.7. The summed E-state index contributed by atoms with van der Waals surface area (Å²) >= 11 is 0. The molecular weight excluding hydrogens is 390 g/mol. The maximum absolute atomic E-state index is 11.7. The Morgan fingerprint density at radius 3 is 2.22 bits per heavy atom. The van der Waals surface area contributed by atoms with Gasteiger partial charge in [0.15, 0.2) is 0 Å². The fourth-order valence-corrected chi connectivity index (χ4v) is 10.8. The number of aliphatic hydroxyl groups is 1. The predicted octanol–water partition coefficient (Wildman–Crippen LogP) is 0.453. The predicted molar refractivity (Wildman–Crippen MR) is 145 cm³/mol. The van der Waals surface area contributed by atoms with Crippen LogP contribution in [0.4, 0.5) is 0 Å². The molecule has 1 unspecified atom stereocenters. The Hall–Kier alpha value is -0.245. The van der Waals surface area contributed by atoms with Crippen molar-refractivity contribution in [1.29, 1.82) is 0 Å². The fraction of sp³-hybridized carbons (Fsp3) is 0.958. The largest absolute Gasteiger partial charge is 0.481 e. The first-order chi connectivity index (χ1) is 14.6. The Morgan fingerprint density at radius 1 is 0.969 bits per heavy atom. The van der Waals surface area contributed by atoms with Crippen LogP contribution < -0.4 is 0 Å². The Balaban J connectivity index is 1.61. The highest BCUT2D eigenvalue weighted by Gasteiger charge is 2.68. The van der Waals surface area contributed by atoms with Gasteiger partial charge in [0, 0.05) is 11.9 Å². The van der Waals surface area contributed by atoms with Gasteiger partial charge in [-0.25, -0.2) is 0 Å². The van der Waals surface area contributed by atoms with E-state index < -0.39 is 11.5 Å². The van der Waals surface area contributed by atoms with Crippen LogP contribution in [0.3, 0.4) is 0 Å². The minimum Gasteiger partial charge on any atom is -0.481 e. The molecule has 3 nitrogen and oxygen atoms in total. The van der Waals surface area contributed by atoms with Gasteiger partial charge >= 0.3 is 5.97 Å². The minimum atomic E-state index is -0.655. The average Bonchev–Trinajstić information content (AvgIpc) is 3.01. The molecule has 4 rings (SSSR count). The summed E-state index contributed by atoms with van der Waals surface area (Å²) in [6.07, 6.45) is 10.1. The van der Waals surface area contributed by atoms with Gasteiger partial charge in [-0.05, 0) is 84.9 Å². The van der Waals surface area contributed by atoms with Crippen molar-refractivity contribution in [2.45, 2.75) is 94.5 Å². The summed E-state index contributed by atoms with van der Waals surface area (Å²) < 4.78 is 0. The van der Waals surface area contributed by atoms with Gasteiger partial charge in [0.1, 0.15) is 39.2 Å². The molecule has 32 heavy (non-hydrogen) atoms. The van der Waals surface area contributed by atoms with E-state index in [0.717, 1.165) is 30.6 Å². The van der Waals surface area contributed by atoms with Gasteiger partial charge in [-0.15, -0.1) is 0 Å². The van der Waals surface area contributed by atoms with Crippen molar-refractivity contribution in [3.8, 4) is 0 Å². The van der Waals surface area contributed by atoms with Crippen LogP contribution in [-0.2, 0) is 4.79 Å². The Morgan fingerprint density at radius 2 is 1.59 bits per heavy atom. The van der Waals surface area contributed by atoms with Gasteiger partial charge < -0.3 is 10.2 Å². The lowest BCUT2D eigenvalue weighted by Crippen LogP contribution is -2.68. The van der Waals surface area contributed by atoms with Crippen molar-refractivity contribution in [3.63, 3.8) is 0 Å². The van der Waals surface area contributed by atoms with Crippen LogP contribution in [-0.4, -0.2) is 60.9 Å². The summed E-state index contributed by atoms with van der Waals surface area (Å²) in [6, 6.07) is 0. The SMILES string of the molecule is BC1(B)C[C@@]2(C)[C@H](CC[C@@H]3[C@@H]2CC[C@]2(C)[C@@H]([C@H](C)CCC(=O)O)CC[C@@H]32)C(B)(B)C1(B)O. The highest BCUT2D eigenvalue weighted by Crippen LogP contribution is 2.74. The van der Waals surface area contributed by atoms with Gasteiger partial charge in [0.25, 0.3) is 0 Å². The van der Waals surface area contributed by atoms with Crippen LogP contribution in [0.15, 0.2) is 0 Å². The Labute approximate surface area is 201 Å². The van der Waals surface area contributed by atoms with E-state index in [1.165, 1.54) is 38.5 Å². The van der Waals surface area contributed by atoms with Crippen LogP contribution in [0.25, 0.3) is 0 Å². The molecule has 174 valence electrons. The fourth-order valence-electron chi connectivity index (χ4n) is 10.8. The maximum Gasteiger partial charge on any atom is 0.303 e. The molecule has 2 N–H and O–H groups in total. The van der Waals surface area contributed by atoms with Crippen molar-refractivity contribution in [2.24, 2.45) is 46.3 Å². The molecular formula is C24H45B5O3. The zero-order valence-electron chi connectivity index (χ0n) is 22.1. The standard InChI is InChI=1S/C24H45B5O3/c1-13(4-9-19(30)31)15-6-7-16-14-5-8-18-21(3,17(14)10-11-20(15,16)2)12-22(25,26)24(29,32)23(18,27)28/h13-18,32H,4-12,25-29H2,1-3H3,(H,30,31)/t13-,14+,15-,16+,17+,18+,20-,21-,24?/m1/s1. The van der Waals surface area contributed by atoms with E-state index in [9.17, 15) is 15.0 Å². The first-order valence-electron chi connectivity index (χ1n) is 13.5. The van der Waals surface area contributed by atoms with Gasteiger partial charge in [-0.2, -0.15) is 0 Å². The molecule has 9 atom stereocenters. The van der Waals surface area contributed by atoms with Gasteiger partial charge in [-0.3, -0.25) is 4.79 Å². The summed E-state index contributed by atoms with van der Waals surface area (Å²) in [7, 11) is 11.4. The first-order valence-corrected chi connectivity index (χ1v) is 13.5. The molecule has 0 aromatic heterocycles. The summed E-state index contributed by atoms with van der Waals surface area (Å²) in [5, 5.41) is 20.7. The van der Waals surface area contributed by atoms with Crippen molar-refractivity contribution < 1.29 is 15.0 Å². The maximum atomic E-state index is 11.7. The number of fused-ring (bicyclic) bond motifs is 5. The molecule has 0 aliphatic heterocycles. The average molecular weight is 436 g/mol. The second-order valence-electron chi connectivity index (χ2n) is 14.5. The number of carboxylic acids is 1. The number of hydrogen-bond donors (Lipinski definition) is 2. The molecule has 0 spiro atoms. The van der Waals surface area contributed by atoms with Gasteiger partial charge in [0.05, 0.1) is 0 Å². The number of hydrogen-bond acceptors (Lipinski definition) is 2. The topological polar surface area (TPSA) is 57.5 Å². The van der Waals surface area contributed by atoms with Gasteiger partial charge in [0.2, 0.25) is 0 Å². The molecule has 0 bridgehead atoms. The van der Waals surface area contributed by atoms with Crippen LogP contribution in [0, 0.1) is 46.3 Å². The number of carboxylic acid groups (broad SMARTS) is 1. The third-order valence-corrected chi connectivity index (χ3v) is 12.7. The second-order valence-corrected chi connectivity index (χ2v) is 14.5. The highest BCUT2D eigenvalue weighted by molar-refractivity contribution is 6.52. The monoisotopic (exact) mass is 436 g/mol. The molecule has 4 aliphatic rings. The zero-order chi connectivity index (χ0) is 23.9. The molecule has 0 aromatic carbocycles. The van der Waals surface area contributed by atoms with Crippen molar-refractivity contribution >= 4 is 45.2 Å². The quantitative estimate of drug-likeness (QED) is 0.631. The first kappa shape index (κ1) is 24.9. The van der Waals surface area contributed by atoms with Crippen molar-refractivity contribution in [2.75, 3.05) is 0 Å². The van der Waals surface area contributed by atoms with E-state index in [1.807, 2.05) is 0 Å². The molecule has 4 aliphatic carbocycles. The molecule has 4 fully saturated rings. The Bertz CT molecular complexity index is 771. The zero-order valence-corrected chi connectivity index (χ0v) is 22.1. The summed E-state index contributed by atoms with van der Waals surface area (Å²) in [6.45, 7) is 7.48. The number of carbonyl (C=O) groups is 1. The molecule has 0 saturated heterocycles. The molecule has 0 aromatic rings. The van der Waals surface area contributed by atoms with Crippen LogP contribution in [0.5, 0.6) is 0 Å². The lowest BCUT2D eigenvalue weighted by atomic mass is 9.18. The highest BCUT2D eigenvalue weighted by atomic mass is 16.4. The lowest BCUT2D eigenvalue weighted by molar-refractivity contribution is -0.147. The van der Waals surface area contributed by atoms with Crippen LogP contribution >= 0.6 is 0 Å². The normalized spacial score (nSPS) is 49.9. The van der Waals surface area contributed by atoms with E-state index in [0.29, 0.717) is 35.0 Å². The molecule has 0 amide bonds. The van der Waals surface area contributed by atoms with Gasteiger partial charge in [-0.1, -0.05) is 44.0 Å². The van der Waals surface area contributed by atoms with E-state index >= 15 is 0 Å². The van der Waals surface area contributed by atoms with E-state index in [1.54, 1.807) is 0 Å². The summed E-state index contributed by atoms with van der Waals surface area (Å²) in [5.41, 5.74) is 0.0260. The number of aliphatic carboxylic acids is 1. The smallest absolute Gasteiger partial charge is 0.303 e. The Kier molecular flexibility index (Phi) is 5.93. The third kappa shape index (κ3) is 3.27. The van der Waals surface area contributed by atoms with E-state index in [-0.39, 0.29) is 10.4 Å². The van der Waals surface area contributed by atoms with E-state index in [4.69, 9.17) is 0 Å². The van der Waals surface area contributed by atoms with Crippen LogP contribution in [0.2, 0.25) is 10.4 Å². The lowest BCUT2D eigenvalue weighted by Gasteiger charge is -2.71. The summed E-state index contributed by atoms with van der Waals surface area (Å²) in [5.74, 6) is 3.49. The van der Waals surface area contributed by atoms with Crippen molar-refractivity contribution in [1.82, 2.24) is 0 Å². The second kappa shape index (κ2) is 7.63. The summed E-state index contributed by atoms with van der Waals surface area (Å²) in [4.78, 5) is 11.2. The molecule has 0 radical (unpaired) electrons. The number of rotatable bonds is 4. The molecule has 4 saturated carbocycles. The van der Waals surface area contributed by atoms with Crippen LogP contribution in [0.1, 0.15) is 78.6 Å². The van der Waals surface area contributed by atoms with Crippen molar-refractivity contribution in [3.05, 3.63) is 0 Å². The minimum absolute atomic E-state index is 0.0845. The molecule has 8 heteroatoms. The van der Waals surface area contributed by atoms with E-state index in [2.05, 4.69) is 60.0 Å².